The first-order valence-electron chi connectivity index (χ1n) is 3.37. The van der Waals surface area contributed by atoms with Crippen molar-refractivity contribution in [2.75, 3.05) is 13.1 Å². The molecule has 0 aliphatic carbocycles. The maximum absolute atomic E-state index is 12.2. The fourth-order valence-electron chi connectivity index (χ4n) is 0.520. The van der Waals surface area contributed by atoms with Gasteiger partial charge in [-0.3, -0.25) is 0 Å². The monoisotopic (exact) mass is 185 g/mol. The summed E-state index contributed by atoms with van der Waals surface area (Å²) < 4.78 is 47.4. The molecule has 12 heavy (non-hydrogen) atoms. The van der Waals surface area contributed by atoms with Crippen LogP contribution >= 0.6 is 0 Å². The SMILES string of the molecule is C=C(C)CNCC(F)(F)C(F)F. The van der Waals surface area contributed by atoms with Gasteiger partial charge in [-0.2, -0.15) is 8.78 Å². The van der Waals surface area contributed by atoms with Crippen molar-refractivity contribution in [2.45, 2.75) is 19.3 Å². The number of halogens is 4. The molecule has 1 nitrogen and oxygen atoms in total. The van der Waals surface area contributed by atoms with Crippen LogP contribution in [0.3, 0.4) is 0 Å². The summed E-state index contributed by atoms with van der Waals surface area (Å²) in [5, 5.41) is 2.18. The Morgan fingerprint density at radius 2 is 2.00 bits per heavy atom. The van der Waals surface area contributed by atoms with Crippen molar-refractivity contribution < 1.29 is 17.6 Å². The third-order valence-corrected chi connectivity index (χ3v) is 1.11. The average Bonchev–Trinajstić information content (AvgIpc) is 1.85. The zero-order valence-corrected chi connectivity index (χ0v) is 6.71. The second kappa shape index (κ2) is 4.45. The summed E-state index contributed by atoms with van der Waals surface area (Å²) in [5.74, 6) is -3.95. The molecule has 0 aliphatic rings. The number of nitrogens with one attached hydrogen (secondary N) is 1. The molecule has 0 heterocycles. The summed E-state index contributed by atoms with van der Waals surface area (Å²) in [6, 6.07) is 0. The molecule has 0 saturated carbocycles. The molecule has 0 amide bonds. The van der Waals surface area contributed by atoms with E-state index in [1.54, 1.807) is 6.92 Å². The van der Waals surface area contributed by atoms with E-state index in [0.717, 1.165) is 0 Å². The molecule has 0 aromatic heterocycles. The Kier molecular flexibility index (Phi) is 4.23. The zero-order valence-electron chi connectivity index (χ0n) is 6.71. The molecule has 0 fully saturated rings. The predicted octanol–water partition coefficient (Wildman–Crippen LogP) is 2.05. The topological polar surface area (TPSA) is 12.0 Å². The molecule has 0 atom stereocenters. The Labute approximate surface area is 68.5 Å². The number of hydrogen-bond donors (Lipinski definition) is 1. The fraction of sp³-hybridized carbons (Fsp3) is 0.714. The molecule has 0 aliphatic heterocycles. The van der Waals surface area contributed by atoms with E-state index in [1.807, 2.05) is 0 Å². The van der Waals surface area contributed by atoms with Crippen molar-refractivity contribution in [1.29, 1.82) is 0 Å². The van der Waals surface area contributed by atoms with E-state index in [9.17, 15) is 17.6 Å². The normalized spacial score (nSPS) is 12.2. The summed E-state index contributed by atoms with van der Waals surface area (Å²) >= 11 is 0. The van der Waals surface area contributed by atoms with Crippen LogP contribution in [0.4, 0.5) is 17.6 Å². The molecule has 0 saturated heterocycles. The van der Waals surface area contributed by atoms with E-state index < -0.39 is 18.9 Å². The molecule has 0 aromatic rings. The highest BCUT2D eigenvalue weighted by molar-refractivity contribution is 4.91. The average molecular weight is 185 g/mol. The van der Waals surface area contributed by atoms with Gasteiger partial charge in [0.1, 0.15) is 0 Å². The zero-order chi connectivity index (χ0) is 9.78. The lowest BCUT2D eigenvalue weighted by Crippen LogP contribution is -2.39. The van der Waals surface area contributed by atoms with Crippen molar-refractivity contribution in [1.82, 2.24) is 5.32 Å². The van der Waals surface area contributed by atoms with E-state index >= 15 is 0 Å². The van der Waals surface area contributed by atoms with Crippen molar-refractivity contribution in [3.05, 3.63) is 12.2 Å². The van der Waals surface area contributed by atoms with Crippen molar-refractivity contribution in [3.8, 4) is 0 Å². The second-order valence-electron chi connectivity index (χ2n) is 2.62. The molecule has 0 spiro atoms. The Morgan fingerprint density at radius 1 is 1.50 bits per heavy atom. The number of hydrogen-bond acceptors (Lipinski definition) is 1. The van der Waals surface area contributed by atoms with Crippen LogP contribution in [0, 0.1) is 0 Å². The van der Waals surface area contributed by atoms with Gasteiger partial charge >= 0.3 is 12.3 Å². The third kappa shape index (κ3) is 4.33. The molecular formula is C7H11F4N. The van der Waals surface area contributed by atoms with Crippen LogP contribution in [0.5, 0.6) is 0 Å². The van der Waals surface area contributed by atoms with Gasteiger partial charge in [0.25, 0.3) is 0 Å². The van der Waals surface area contributed by atoms with Crippen LogP contribution in [0.1, 0.15) is 6.92 Å². The highest BCUT2D eigenvalue weighted by Gasteiger charge is 2.39. The maximum Gasteiger partial charge on any atom is 0.319 e. The van der Waals surface area contributed by atoms with Crippen molar-refractivity contribution in [3.63, 3.8) is 0 Å². The van der Waals surface area contributed by atoms with Gasteiger partial charge in [0.05, 0.1) is 6.54 Å². The molecule has 0 aromatic carbocycles. The van der Waals surface area contributed by atoms with E-state index in [1.165, 1.54) is 0 Å². The van der Waals surface area contributed by atoms with Crippen molar-refractivity contribution >= 4 is 0 Å². The van der Waals surface area contributed by atoms with Gasteiger partial charge < -0.3 is 5.32 Å². The summed E-state index contributed by atoms with van der Waals surface area (Å²) in [6.07, 6.45) is -3.62. The minimum atomic E-state index is -3.95. The smallest absolute Gasteiger partial charge is 0.307 e. The Morgan fingerprint density at radius 3 is 2.33 bits per heavy atom. The minimum Gasteiger partial charge on any atom is -0.307 e. The van der Waals surface area contributed by atoms with Crippen LogP contribution in [-0.2, 0) is 0 Å². The molecule has 0 rings (SSSR count). The maximum atomic E-state index is 12.2. The van der Waals surface area contributed by atoms with Gasteiger partial charge in [-0.15, -0.1) is 0 Å². The van der Waals surface area contributed by atoms with Gasteiger partial charge in [-0.1, -0.05) is 12.2 Å². The van der Waals surface area contributed by atoms with Crippen LogP contribution < -0.4 is 5.32 Å². The summed E-state index contributed by atoms with van der Waals surface area (Å²) in [6.45, 7) is 4.15. The second-order valence-corrected chi connectivity index (χ2v) is 2.62. The highest BCUT2D eigenvalue weighted by atomic mass is 19.3. The molecule has 0 unspecified atom stereocenters. The summed E-state index contributed by atoms with van der Waals surface area (Å²) in [5.41, 5.74) is 0.625. The van der Waals surface area contributed by atoms with E-state index in [0.29, 0.717) is 5.57 Å². The fourth-order valence-corrected chi connectivity index (χ4v) is 0.520. The molecule has 72 valence electrons. The molecule has 5 heteroatoms. The standard InChI is InChI=1S/C7H11F4N/c1-5(2)3-12-4-7(10,11)6(8)9/h6,12H,1,3-4H2,2H3. The third-order valence-electron chi connectivity index (χ3n) is 1.11. The number of rotatable bonds is 5. The summed E-state index contributed by atoms with van der Waals surface area (Å²) in [4.78, 5) is 0. The van der Waals surface area contributed by atoms with Gasteiger partial charge in [0.15, 0.2) is 0 Å². The van der Waals surface area contributed by atoms with Gasteiger partial charge in [-0.05, 0) is 6.92 Å². The van der Waals surface area contributed by atoms with Crippen LogP contribution in [0.2, 0.25) is 0 Å². The lowest BCUT2D eigenvalue weighted by atomic mass is 10.3. The Balaban J connectivity index is 3.69. The first-order valence-corrected chi connectivity index (χ1v) is 3.37. The predicted molar refractivity (Wildman–Crippen MR) is 38.6 cm³/mol. The summed E-state index contributed by atoms with van der Waals surface area (Å²) in [7, 11) is 0. The quantitative estimate of drug-likeness (QED) is 0.510. The first kappa shape index (κ1) is 11.4. The molecule has 0 bridgehead atoms. The highest BCUT2D eigenvalue weighted by Crippen LogP contribution is 2.21. The molecule has 1 N–H and O–H groups in total. The van der Waals surface area contributed by atoms with Gasteiger partial charge in [0.2, 0.25) is 0 Å². The number of alkyl halides is 4. The van der Waals surface area contributed by atoms with E-state index in [4.69, 9.17) is 0 Å². The van der Waals surface area contributed by atoms with E-state index in [2.05, 4.69) is 11.9 Å². The lowest BCUT2D eigenvalue weighted by Gasteiger charge is -2.15. The molecule has 0 radical (unpaired) electrons. The van der Waals surface area contributed by atoms with Gasteiger partial charge in [-0.25, -0.2) is 8.78 Å². The van der Waals surface area contributed by atoms with Crippen LogP contribution in [0.15, 0.2) is 12.2 Å². The lowest BCUT2D eigenvalue weighted by molar-refractivity contribution is -0.124. The minimum absolute atomic E-state index is 0.127. The van der Waals surface area contributed by atoms with Gasteiger partial charge in [0, 0.05) is 6.54 Å². The van der Waals surface area contributed by atoms with Crippen LogP contribution in [-0.4, -0.2) is 25.4 Å². The molecular weight excluding hydrogens is 174 g/mol. The largest absolute Gasteiger partial charge is 0.319 e. The van der Waals surface area contributed by atoms with Crippen LogP contribution in [0.25, 0.3) is 0 Å². The van der Waals surface area contributed by atoms with E-state index in [-0.39, 0.29) is 6.54 Å². The first-order chi connectivity index (χ1) is 5.36. The Bertz CT molecular complexity index is 155. The van der Waals surface area contributed by atoms with Crippen molar-refractivity contribution in [2.24, 2.45) is 0 Å². The Hall–Kier alpha value is -0.580.